The summed E-state index contributed by atoms with van der Waals surface area (Å²) in [5.74, 6) is 0.618. The number of amides is 1. The molecule has 0 aromatic rings. The number of likely N-dealkylation sites (tertiary alicyclic amines) is 2. The van der Waals surface area contributed by atoms with Gasteiger partial charge in [-0.25, -0.2) is 0 Å². The summed E-state index contributed by atoms with van der Waals surface area (Å²) in [6.45, 7) is 6.26. The first-order valence-corrected chi connectivity index (χ1v) is 8.41. The van der Waals surface area contributed by atoms with Gasteiger partial charge in [-0.05, 0) is 64.5 Å². The number of hydrogen-bond donors (Lipinski definition) is 1. The van der Waals surface area contributed by atoms with Crippen molar-refractivity contribution < 1.29 is 4.79 Å². The highest BCUT2D eigenvalue weighted by molar-refractivity contribution is 5.86. The van der Waals surface area contributed by atoms with E-state index in [9.17, 15) is 4.79 Å². The summed E-state index contributed by atoms with van der Waals surface area (Å²) in [6.07, 6.45) is 8.61. The second kappa shape index (κ2) is 5.64. The van der Waals surface area contributed by atoms with Crippen LogP contribution in [0, 0.1) is 5.92 Å². The molecule has 0 aromatic heterocycles. The molecule has 2 aliphatic heterocycles. The maximum absolute atomic E-state index is 12.6. The molecular formula is C16H29N3O. The molecule has 2 heterocycles. The third-order valence-electron chi connectivity index (χ3n) is 5.54. The molecule has 114 valence electrons. The maximum Gasteiger partial charge on any atom is 0.242 e. The molecule has 3 rings (SSSR count). The van der Waals surface area contributed by atoms with Crippen LogP contribution in [0.25, 0.3) is 0 Å². The van der Waals surface area contributed by atoms with Gasteiger partial charge in [0.2, 0.25) is 5.91 Å². The van der Waals surface area contributed by atoms with Crippen molar-refractivity contribution in [3.05, 3.63) is 0 Å². The van der Waals surface area contributed by atoms with Crippen LogP contribution < -0.4 is 5.73 Å². The molecule has 0 radical (unpaired) electrons. The smallest absolute Gasteiger partial charge is 0.242 e. The van der Waals surface area contributed by atoms with Gasteiger partial charge < -0.3 is 15.5 Å². The summed E-state index contributed by atoms with van der Waals surface area (Å²) in [5, 5.41) is 0. The van der Waals surface area contributed by atoms with E-state index in [1.54, 1.807) is 0 Å². The first kappa shape index (κ1) is 14.3. The third-order valence-corrected chi connectivity index (χ3v) is 5.54. The van der Waals surface area contributed by atoms with Gasteiger partial charge in [-0.1, -0.05) is 6.42 Å². The predicted octanol–water partition coefficient (Wildman–Crippen LogP) is 1.59. The molecule has 1 saturated carbocycles. The van der Waals surface area contributed by atoms with Crippen molar-refractivity contribution in [3.63, 3.8) is 0 Å². The fraction of sp³-hybridized carbons (Fsp3) is 0.938. The summed E-state index contributed by atoms with van der Waals surface area (Å²) < 4.78 is 0. The Morgan fingerprint density at radius 1 is 1.00 bits per heavy atom. The summed E-state index contributed by atoms with van der Waals surface area (Å²) in [5.41, 5.74) is 5.66. The Bertz CT molecular complexity index is 351. The SMILES string of the molecule is CC(N)(C(=O)N1CCC(N2CCCCC2)CC1)C1CC1. The van der Waals surface area contributed by atoms with Gasteiger partial charge in [0.05, 0.1) is 5.54 Å². The van der Waals surface area contributed by atoms with E-state index in [1.807, 2.05) is 11.8 Å². The summed E-state index contributed by atoms with van der Waals surface area (Å²) in [6, 6.07) is 0.698. The van der Waals surface area contributed by atoms with Crippen molar-refractivity contribution in [2.45, 2.75) is 63.5 Å². The van der Waals surface area contributed by atoms with E-state index in [-0.39, 0.29) is 5.91 Å². The number of nitrogens with zero attached hydrogens (tertiary/aromatic N) is 2. The Hall–Kier alpha value is -0.610. The zero-order valence-corrected chi connectivity index (χ0v) is 12.8. The lowest BCUT2D eigenvalue weighted by Gasteiger charge is -2.42. The lowest BCUT2D eigenvalue weighted by atomic mass is 9.93. The quantitative estimate of drug-likeness (QED) is 0.853. The Morgan fingerprint density at radius 3 is 2.15 bits per heavy atom. The first-order chi connectivity index (χ1) is 9.59. The summed E-state index contributed by atoms with van der Waals surface area (Å²) in [7, 11) is 0. The average molecular weight is 279 g/mol. The van der Waals surface area contributed by atoms with Gasteiger partial charge >= 0.3 is 0 Å². The molecule has 0 spiro atoms. The van der Waals surface area contributed by atoms with Crippen LogP contribution >= 0.6 is 0 Å². The van der Waals surface area contributed by atoms with E-state index in [0.717, 1.165) is 38.8 Å². The number of carbonyl (C=O) groups is 1. The van der Waals surface area contributed by atoms with Gasteiger partial charge in [-0.2, -0.15) is 0 Å². The lowest BCUT2D eigenvalue weighted by Crippen LogP contribution is -2.58. The van der Waals surface area contributed by atoms with E-state index in [2.05, 4.69) is 4.90 Å². The van der Waals surface area contributed by atoms with Gasteiger partial charge in [-0.15, -0.1) is 0 Å². The molecule has 1 aliphatic carbocycles. The zero-order valence-electron chi connectivity index (χ0n) is 12.8. The molecule has 1 unspecified atom stereocenters. The third kappa shape index (κ3) is 2.86. The number of rotatable bonds is 3. The van der Waals surface area contributed by atoms with E-state index in [1.165, 1.54) is 32.4 Å². The number of carbonyl (C=O) groups excluding carboxylic acids is 1. The van der Waals surface area contributed by atoms with Crippen LogP contribution in [0.4, 0.5) is 0 Å². The molecule has 1 amide bonds. The Morgan fingerprint density at radius 2 is 1.60 bits per heavy atom. The van der Waals surface area contributed by atoms with Crippen LogP contribution in [0.3, 0.4) is 0 Å². The molecule has 3 fully saturated rings. The minimum atomic E-state index is -0.613. The first-order valence-electron chi connectivity index (χ1n) is 8.41. The molecule has 20 heavy (non-hydrogen) atoms. The van der Waals surface area contributed by atoms with E-state index >= 15 is 0 Å². The van der Waals surface area contributed by atoms with Crippen molar-refractivity contribution in [1.29, 1.82) is 0 Å². The number of nitrogens with two attached hydrogens (primary N) is 1. The van der Waals surface area contributed by atoms with Gasteiger partial charge in [0.1, 0.15) is 0 Å². The molecule has 1 atom stereocenters. The highest BCUT2D eigenvalue weighted by Gasteiger charge is 2.46. The summed E-state index contributed by atoms with van der Waals surface area (Å²) >= 11 is 0. The van der Waals surface area contributed by atoms with E-state index in [4.69, 9.17) is 5.73 Å². The molecule has 3 aliphatic rings. The van der Waals surface area contributed by atoms with Gasteiger partial charge in [0.15, 0.2) is 0 Å². The molecule has 0 bridgehead atoms. The minimum Gasteiger partial charge on any atom is -0.341 e. The average Bonchev–Trinajstić information content (AvgIpc) is 3.33. The van der Waals surface area contributed by atoms with Crippen LogP contribution in [0.15, 0.2) is 0 Å². The zero-order chi connectivity index (χ0) is 14.2. The Balaban J connectivity index is 1.51. The van der Waals surface area contributed by atoms with Crippen LogP contribution in [0.5, 0.6) is 0 Å². The Kier molecular flexibility index (Phi) is 4.04. The molecule has 0 aromatic carbocycles. The van der Waals surface area contributed by atoms with Crippen molar-refractivity contribution in [2.24, 2.45) is 11.7 Å². The number of piperidine rings is 2. The van der Waals surface area contributed by atoms with Crippen LogP contribution in [-0.4, -0.2) is 53.5 Å². The molecular weight excluding hydrogens is 250 g/mol. The van der Waals surface area contributed by atoms with Gasteiger partial charge in [-0.3, -0.25) is 4.79 Å². The van der Waals surface area contributed by atoms with Crippen molar-refractivity contribution >= 4 is 5.91 Å². The topological polar surface area (TPSA) is 49.6 Å². The monoisotopic (exact) mass is 279 g/mol. The molecule has 2 N–H and O–H groups in total. The highest BCUT2D eigenvalue weighted by Crippen LogP contribution is 2.39. The molecule has 4 nitrogen and oxygen atoms in total. The molecule has 2 saturated heterocycles. The van der Waals surface area contributed by atoms with E-state index < -0.39 is 5.54 Å². The predicted molar refractivity (Wildman–Crippen MR) is 80.3 cm³/mol. The van der Waals surface area contributed by atoms with Gasteiger partial charge in [0.25, 0.3) is 0 Å². The number of hydrogen-bond acceptors (Lipinski definition) is 3. The van der Waals surface area contributed by atoms with Crippen molar-refractivity contribution in [2.75, 3.05) is 26.2 Å². The maximum atomic E-state index is 12.6. The minimum absolute atomic E-state index is 0.192. The van der Waals surface area contributed by atoms with E-state index in [0.29, 0.717) is 12.0 Å². The Labute approximate surface area is 122 Å². The van der Waals surface area contributed by atoms with Gasteiger partial charge in [0, 0.05) is 19.1 Å². The largest absolute Gasteiger partial charge is 0.341 e. The second-order valence-corrected chi connectivity index (χ2v) is 7.18. The normalized spacial score (nSPS) is 29.2. The fourth-order valence-electron chi connectivity index (χ4n) is 3.92. The standard InChI is InChI=1S/C16H29N3O/c1-16(17,13-5-6-13)15(20)19-11-7-14(8-12-19)18-9-3-2-4-10-18/h13-14H,2-12,17H2,1H3. The fourth-order valence-corrected chi connectivity index (χ4v) is 3.92. The summed E-state index contributed by atoms with van der Waals surface area (Å²) in [4.78, 5) is 17.2. The second-order valence-electron chi connectivity index (χ2n) is 7.18. The van der Waals surface area contributed by atoms with Crippen molar-refractivity contribution in [3.8, 4) is 0 Å². The van der Waals surface area contributed by atoms with Crippen LogP contribution in [-0.2, 0) is 4.79 Å². The highest BCUT2D eigenvalue weighted by atomic mass is 16.2. The lowest BCUT2D eigenvalue weighted by molar-refractivity contribution is -0.138. The van der Waals surface area contributed by atoms with Crippen molar-refractivity contribution in [1.82, 2.24) is 9.80 Å². The molecule has 4 heteroatoms. The van der Waals surface area contributed by atoms with Crippen LogP contribution in [0.1, 0.15) is 51.9 Å². The van der Waals surface area contributed by atoms with Crippen LogP contribution in [0.2, 0.25) is 0 Å².